The Morgan fingerprint density at radius 3 is 2.33 bits per heavy atom. The van der Waals surface area contributed by atoms with E-state index in [1.54, 1.807) is 0 Å². The minimum atomic E-state index is -1.16. The molecular weight excluding hydrogens is 156 g/mol. The van der Waals surface area contributed by atoms with E-state index in [0.29, 0.717) is 6.42 Å². The van der Waals surface area contributed by atoms with E-state index in [0.717, 1.165) is 17.4 Å². The highest BCUT2D eigenvalue weighted by Gasteiger charge is 2.08. The average Bonchev–Trinajstić information content (AvgIpc) is 1.84. The van der Waals surface area contributed by atoms with Crippen LogP contribution in [0.5, 0.6) is 0 Å². The van der Waals surface area contributed by atoms with Crippen LogP contribution in [-0.4, -0.2) is 44.2 Å². The first kappa shape index (κ1) is 11.4. The van der Waals surface area contributed by atoms with Gasteiger partial charge in [-0.2, -0.15) is 0 Å². The Morgan fingerprint density at radius 1 is 1.50 bits per heavy atom. The summed E-state index contributed by atoms with van der Waals surface area (Å²) in [5.41, 5.74) is 5.28. The van der Waals surface area contributed by atoms with Gasteiger partial charge in [-0.25, -0.2) is 0 Å². The maximum absolute atomic E-state index is 10.2. The van der Waals surface area contributed by atoms with Crippen molar-refractivity contribution in [2.75, 3.05) is 27.7 Å². The summed E-state index contributed by atoms with van der Waals surface area (Å²) in [4.78, 5) is 10.2. The van der Waals surface area contributed by atoms with E-state index in [1.807, 2.05) is 0 Å². The van der Waals surface area contributed by atoms with Gasteiger partial charge in [-0.15, -0.1) is 0 Å². The molecule has 0 rings (SSSR count). The lowest BCUT2D eigenvalue weighted by Gasteiger charge is -2.24. The number of nitrogens with two attached hydrogens (primary N) is 1. The minimum Gasteiger partial charge on any atom is -0.548 e. The lowest BCUT2D eigenvalue weighted by atomic mass is 10.1. The standard InChI is InChI=1S/C8H18N2O2/c1-10(2,3)6-4-5-7(9)8(11)12/h7H,4-6,9H2,1-3H3. The van der Waals surface area contributed by atoms with Crippen LogP contribution in [0.15, 0.2) is 0 Å². The number of nitrogens with zero attached hydrogens (tertiary/aromatic N) is 1. The minimum absolute atomic E-state index is 0.498. The fourth-order valence-electron chi connectivity index (χ4n) is 0.903. The molecule has 0 aromatic rings. The summed E-state index contributed by atoms with van der Waals surface area (Å²) in [6.07, 6.45) is 1.32. The van der Waals surface area contributed by atoms with Gasteiger partial charge < -0.3 is 20.1 Å². The van der Waals surface area contributed by atoms with Gasteiger partial charge in [0.15, 0.2) is 0 Å². The number of aliphatic carboxylic acids is 1. The number of carboxylic acid groups (broad SMARTS) is 1. The lowest BCUT2D eigenvalue weighted by Crippen LogP contribution is -2.43. The van der Waals surface area contributed by atoms with Crippen molar-refractivity contribution in [2.45, 2.75) is 18.9 Å². The second-order valence-corrected chi connectivity index (χ2v) is 4.08. The number of carbonyl (C=O) groups excluding carboxylic acids is 1. The number of hydrogen-bond donors (Lipinski definition) is 1. The zero-order valence-electron chi connectivity index (χ0n) is 8.04. The average molecular weight is 174 g/mol. The number of carbonyl (C=O) groups is 1. The van der Waals surface area contributed by atoms with Gasteiger partial charge in [-0.1, -0.05) is 0 Å². The Balaban J connectivity index is 3.51. The first-order valence-electron chi connectivity index (χ1n) is 4.10. The van der Waals surface area contributed by atoms with Gasteiger partial charge >= 0.3 is 0 Å². The van der Waals surface area contributed by atoms with Crippen LogP contribution in [0.25, 0.3) is 0 Å². The highest BCUT2D eigenvalue weighted by atomic mass is 16.4. The quantitative estimate of drug-likeness (QED) is 0.519. The third kappa shape index (κ3) is 6.12. The van der Waals surface area contributed by atoms with Crippen LogP contribution in [0, 0.1) is 0 Å². The molecule has 0 aliphatic heterocycles. The normalized spacial score (nSPS) is 14.3. The van der Waals surface area contributed by atoms with Gasteiger partial charge in [0.1, 0.15) is 0 Å². The third-order valence-electron chi connectivity index (χ3n) is 1.65. The summed E-state index contributed by atoms with van der Waals surface area (Å²) in [7, 11) is 6.18. The van der Waals surface area contributed by atoms with E-state index >= 15 is 0 Å². The third-order valence-corrected chi connectivity index (χ3v) is 1.65. The maximum atomic E-state index is 10.2. The molecule has 0 aromatic carbocycles. The van der Waals surface area contributed by atoms with Crippen molar-refractivity contribution in [1.82, 2.24) is 0 Å². The molecule has 4 nitrogen and oxygen atoms in total. The van der Waals surface area contributed by atoms with Gasteiger partial charge in [-0.3, -0.25) is 0 Å². The molecule has 1 atom stereocenters. The molecule has 0 aliphatic rings. The fourth-order valence-corrected chi connectivity index (χ4v) is 0.903. The van der Waals surface area contributed by atoms with E-state index in [4.69, 9.17) is 5.73 Å². The van der Waals surface area contributed by atoms with Crippen LogP contribution in [0.4, 0.5) is 0 Å². The predicted molar refractivity (Wildman–Crippen MR) is 45.1 cm³/mol. The lowest BCUT2D eigenvalue weighted by molar-refractivity contribution is -0.870. The molecule has 0 saturated carbocycles. The van der Waals surface area contributed by atoms with Crippen molar-refractivity contribution in [3.63, 3.8) is 0 Å². The Labute approximate surface area is 73.6 Å². The van der Waals surface area contributed by atoms with Gasteiger partial charge in [0.25, 0.3) is 0 Å². The maximum Gasteiger partial charge on any atom is 0.0781 e. The van der Waals surface area contributed by atoms with E-state index < -0.39 is 12.0 Å². The van der Waals surface area contributed by atoms with Crippen molar-refractivity contribution >= 4 is 5.97 Å². The fraction of sp³-hybridized carbons (Fsp3) is 0.875. The number of quaternary nitrogens is 1. The highest BCUT2D eigenvalue weighted by molar-refractivity contribution is 5.70. The summed E-state index contributed by atoms with van der Waals surface area (Å²) in [5, 5.41) is 10.2. The first-order chi connectivity index (χ1) is 5.33. The Bertz CT molecular complexity index is 152. The molecule has 0 aliphatic carbocycles. The number of hydrogen-bond acceptors (Lipinski definition) is 3. The molecule has 0 heterocycles. The zero-order valence-corrected chi connectivity index (χ0v) is 8.04. The molecular formula is C8H18N2O2. The molecule has 0 fully saturated rings. The van der Waals surface area contributed by atoms with Crippen molar-refractivity contribution in [3.8, 4) is 0 Å². The van der Waals surface area contributed by atoms with Crippen LogP contribution in [0.1, 0.15) is 12.8 Å². The zero-order chi connectivity index (χ0) is 9.78. The molecule has 12 heavy (non-hydrogen) atoms. The van der Waals surface area contributed by atoms with Crippen molar-refractivity contribution in [1.29, 1.82) is 0 Å². The van der Waals surface area contributed by atoms with E-state index in [1.165, 1.54) is 0 Å². The van der Waals surface area contributed by atoms with Crippen LogP contribution in [0.3, 0.4) is 0 Å². The Morgan fingerprint density at radius 2 is 2.00 bits per heavy atom. The molecule has 4 heteroatoms. The van der Waals surface area contributed by atoms with Crippen LogP contribution < -0.4 is 10.8 Å². The van der Waals surface area contributed by atoms with E-state index in [9.17, 15) is 9.90 Å². The highest BCUT2D eigenvalue weighted by Crippen LogP contribution is 1.99. The second kappa shape index (κ2) is 4.42. The summed E-state index contributed by atoms with van der Waals surface area (Å²) in [6, 6.07) is -0.809. The van der Waals surface area contributed by atoms with Gasteiger partial charge in [0.05, 0.1) is 33.7 Å². The molecule has 0 bridgehead atoms. The number of carboxylic acids is 1. The SMILES string of the molecule is C[N+](C)(C)CCCC(N)C(=O)[O-]. The van der Waals surface area contributed by atoms with Crippen molar-refractivity contribution in [3.05, 3.63) is 0 Å². The van der Waals surface area contributed by atoms with Crippen LogP contribution in [-0.2, 0) is 4.79 Å². The monoisotopic (exact) mass is 174 g/mol. The largest absolute Gasteiger partial charge is 0.548 e. The van der Waals surface area contributed by atoms with Crippen LogP contribution >= 0.6 is 0 Å². The smallest absolute Gasteiger partial charge is 0.0781 e. The van der Waals surface area contributed by atoms with E-state index in [2.05, 4.69) is 21.1 Å². The van der Waals surface area contributed by atoms with Gasteiger partial charge in [0.2, 0.25) is 0 Å². The van der Waals surface area contributed by atoms with Crippen LogP contribution in [0.2, 0.25) is 0 Å². The second-order valence-electron chi connectivity index (χ2n) is 4.08. The summed E-state index contributed by atoms with van der Waals surface area (Å²) in [6.45, 7) is 0.932. The molecule has 2 N–H and O–H groups in total. The molecule has 72 valence electrons. The Kier molecular flexibility index (Phi) is 4.20. The molecule has 0 amide bonds. The van der Waals surface area contributed by atoms with E-state index in [-0.39, 0.29) is 0 Å². The predicted octanol–water partition coefficient (Wildman–Crippen LogP) is -1.45. The molecule has 1 unspecified atom stereocenters. The first-order valence-corrected chi connectivity index (χ1v) is 4.10. The summed E-state index contributed by atoms with van der Waals surface area (Å²) >= 11 is 0. The molecule has 0 radical (unpaired) electrons. The Hall–Kier alpha value is -0.610. The summed E-state index contributed by atoms with van der Waals surface area (Å²) < 4.78 is 0.833. The van der Waals surface area contributed by atoms with Crippen molar-refractivity contribution < 1.29 is 14.4 Å². The topological polar surface area (TPSA) is 66.2 Å². The van der Waals surface area contributed by atoms with Gasteiger partial charge in [0, 0.05) is 6.04 Å². The number of rotatable bonds is 5. The van der Waals surface area contributed by atoms with Gasteiger partial charge in [-0.05, 0) is 12.8 Å². The molecule has 0 saturated heterocycles. The summed E-state index contributed by atoms with van der Waals surface area (Å²) in [5.74, 6) is -1.16. The molecule has 0 aromatic heterocycles. The van der Waals surface area contributed by atoms with Crippen molar-refractivity contribution in [2.24, 2.45) is 5.73 Å². The molecule has 0 spiro atoms.